The Morgan fingerprint density at radius 3 is 2.53 bits per heavy atom. The van der Waals surface area contributed by atoms with Gasteiger partial charge in [-0.15, -0.1) is 0 Å². The summed E-state index contributed by atoms with van der Waals surface area (Å²) in [5.74, 6) is 1.02. The Kier molecular flexibility index (Phi) is 5.71. The van der Waals surface area contributed by atoms with Crippen molar-refractivity contribution in [1.29, 1.82) is 0 Å². The summed E-state index contributed by atoms with van der Waals surface area (Å²) >= 11 is 0. The first-order chi connectivity index (χ1) is 9.29. The van der Waals surface area contributed by atoms with Crippen LogP contribution < -0.4 is 10.1 Å². The van der Waals surface area contributed by atoms with Gasteiger partial charge in [0.05, 0.1) is 6.10 Å². The highest BCUT2D eigenvalue weighted by atomic mass is 16.5. The third-order valence-electron chi connectivity index (χ3n) is 3.97. The highest BCUT2D eigenvalue weighted by Crippen LogP contribution is 2.25. The van der Waals surface area contributed by atoms with Crippen LogP contribution >= 0.6 is 0 Å². The molecule has 1 atom stereocenters. The van der Waals surface area contributed by atoms with Crippen LogP contribution in [0.1, 0.15) is 64.0 Å². The minimum atomic E-state index is 0.423. The van der Waals surface area contributed by atoms with Crippen LogP contribution in [0.5, 0.6) is 5.75 Å². The molecule has 19 heavy (non-hydrogen) atoms. The maximum atomic E-state index is 5.99. The Morgan fingerprint density at radius 2 is 1.89 bits per heavy atom. The lowest BCUT2D eigenvalue weighted by Gasteiger charge is -2.16. The average molecular weight is 261 g/mol. The van der Waals surface area contributed by atoms with Gasteiger partial charge < -0.3 is 10.1 Å². The minimum Gasteiger partial charge on any atom is -0.490 e. The predicted octanol–water partition coefficient (Wildman–Crippen LogP) is 4.46. The SMILES string of the molecule is CCCCN[C@H](C)c1ccc(OC2CCCC2)cc1. The second-order valence-electron chi connectivity index (χ2n) is 5.62. The van der Waals surface area contributed by atoms with Gasteiger partial charge in [-0.1, -0.05) is 25.5 Å². The van der Waals surface area contributed by atoms with Crippen LogP contribution in [0.4, 0.5) is 0 Å². The van der Waals surface area contributed by atoms with E-state index in [-0.39, 0.29) is 0 Å². The van der Waals surface area contributed by atoms with Crippen molar-refractivity contribution in [1.82, 2.24) is 5.32 Å². The van der Waals surface area contributed by atoms with Crippen LogP contribution in [0.15, 0.2) is 24.3 Å². The van der Waals surface area contributed by atoms with Crippen LogP contribution in [-0.2, 0) is 0 Å². The molecule has 2 rings (SSSR count). The summed E-state index contributed by atoms with van der Waals surface area (Å²) < 4.78 is 5.99. The number of hydrogen-bond donors (Lipinski definition) is 1. The first kappa shape index (κ1) is 14.4. The minimum absolute atomic E-state index is 0.423. The van der Waals surface area contributed by atoms with Gasteiger partial charge in [-0.25, -0.2) is 0 Å². The predicted molar refractivity (Wildman–Crippen MR) is 80.7 cm³/mol. The molecule has 1 aliphatic carbocycles. The number of hydrogen-bond acceptors (Lipinski definition) is 2. The molecule has 1 fully saturated rings. The van der Waals surface area contributed by atoms with Crippen molar-refractivity contribution < 1.29 is 4.74 Å². The molecule has 2 nitrogen and oxygen atoms in total. The van der Waals surface area contributed by atoms with Crippen molar-refractivity contribution in [2.45, 2.75) is 64.5 Å². The number of rotatable bonds is 7. The van der Waals surface area contributed by atoms with Crippen LogP contribution in [0.3, 0.4) is 0 Å². The van der Waals surface area contributed by atoms with Crippen molar-refractivity contribution in [2.75, 3.05) is 6.54 Å². The molecule has 1 aromatic carbocycles. The molecule has 0 unspecified atom stereocenters. The first-order valence-electron chi connectivity index (χ1n) is 7.79. The normalized spacial score (nSPS) is 17.6. The zero-order valence-electron chi connectivity index (χ0n) is 12.3. The molecule has 106 valence electrons. The quantitative estimate of drug-likeness (QED) is 0.732. The van der Waals surface area contributed by atoms with E-state index in [0.29, 0.717) is 12.1 Å². The van der Waals surface area contributed by atoms with Crippen LogP contribution in [0.2, 0.25) is 0 Å². The standard InChI is InChI=1S/C17H27NO/c1-3-4-13-18-14(2)15-9-11-17(12-10-15)19-16-7-5-6-8-16/h9-12,14,16,18H,3-8,13H2,1-2H3/t14-/m1/s1. The molecule has 1 N–H and O–H groups in total. The van der Waals surface area contributed by atoms with E-state index in [0.717, 1.165) is 12.3 Å². The molecule has 1 aliphatic rings. The fourth-order valence-corrected chi connectivity index (χ4v) is 2.65. The van der Waals surface area contributed by atoms with Gasteiger partial charge in [-0.05, 0) is 63.3 Å². The van der Waals surface area contributed by atoms with E-state index >= 15 is 0 Å². The molecule has 0 aromatic heterocycles. The largest absolute Gasteiger partial charge is 0.490 e. The summed E-state index contributed by atoms with van der Waals surface area (Å²) in [5, 5.41) is 3.55. The highest BCUT2D eigenvalue weighted by Gasteiger charge is 2.16. The van der Waals surface area contributed by atoms with Gasteiger partial charge in [0.2, 0.25) is 0 Å². The molecule has 0 spiro atoms. The first-order valence-corrected chi connectivity index (χ1v) is 7.79. The van der Waals surface area contributed by atoms with E-state index in [2.05, 4.69) is 43.4 Å². The Labute approximate surface area is 117 Å². The summed E-state index contributed by atoms with van der Waals surface area (Å²) in [7, 11) is 0. The van der Waals surface area contributed by atoms with Crippen LogP contribution in [0.25, 0.3) is 0 Å². The van der Waals surface area contributed by atoms with E-state index < -0.39 is 0 Å². The van der Waals surface area contributed by atoms with Crippen molar-refractivity contribution in [3.05, 3.63) is 29.8 Å². The fraction of sp³-hybridized carbons (Fsp3) is 0.647. The fourth-order valence-electron chi connectivity index (χ4n) is 2.65. The smallest absolute Gasteiger partial charge is 0.119 e. The highest BCUT2D eigenvalue weighted by molar-refractivity contribution is 5.29. The summed E-state index contributed by atoms with van der Waals surface area (Å²) in [6.45, 7) is 5.54. The zero-order valence-corrected chi connectivity index (χ0v) is 12.3. The third kappa shape index (κ3) is 4.54. The summed E-state index contributed by atoms with van der Waals surface area (Å²) in [6.07, 6.45) is 8.02. The van der Waals surface area contributed by atoms with E-state index in [1.54, 1.807) is 0 Å². The summed E-state index contributed by atoms with van der Waals surface area (Å²) in [6, 6.07) is 9.03. The van der Waals surface area contributed by atoms with E-state index in [9.17, 15) is 0 Å². The van der Waals surface area contributed by atoms with Crippen molar-refractivity contribution >= 4 is 0 Å². The monoisotopic (exact) mass is 261 g/mol. The number of nitrogens with one attached hydrogen (secondary N) is 1. The molecule has 0 aliphatic heterocycles. The number of unbranched alkanes of at least 4 members (excludes halogenated alkanes) is 1. The van der Waals surface area contributed by atoms with Gasteiger partial charge in [0.1, 0.15) is 5.75 Å². The lowest BCUT2D eigenvalue weighted by Crippen LogP contribution is -2.19. The summed E-state index contributed by atoms with van der Waals surface area (Å²) in [5.41, 5.74) is 1.34. The molecule has 1 saturated carbocycles. The molecule has 0 heterocycles. The zero-order chi connectivity index (χ0) is 13.5. The summed E-state index contributed by atoms with van der Waals surface area (Å²) in [4.78, 5) is 0. The van der Waals surface area contributed by atoms with Gasteiger partial charge in [0, 0.05) is 6.04 Å². The lowest BCUT2D eigenvalue weighted by atomic mass is 10.1. The Bertz CT molecular complexity index is 354. The number of ether oxygens (including phenoxy) is 1. The molecule has 1 aromatic rings. The molecular weight excluding hydrogens is 234 g/mol. The Morgan fingerprint density at radius 1 is 1.21 bits per heavy atom. The van der Waals surface area contributed by atoms with E-state index in [1.807, 2.05) is 0 Å². The van der Waals surface area contributed by atoms with Crippen LogP contribution in [-0.4, -0.2) is 12.6 Å². The second kappa shape index (κ2) is 7.54. The molecule has 2 heteroatoms. The molecule has 0 radical (unpaired) electrons. The van der Waals surface area contributed by atoms with Gasteiger partial charge >= 0.3 is 0 Å². The van der Waals surface area contributed by atoms with Crippen molar-refractivity contribution in [2.24, 2.45) is 0 Å². The van der Waals surface area contributed by atoms with Gasteiger partial charge in [-0.2, -0.15) is 0 Å². The topological polar surface area (TPSA) is 21.3 Å². The Balaban J connectivity index is 1.82. The second-order valence-corrected chi connectivity index (χ2v) is 5.62. The molecule has 0 bridgehead atoms. The third-order valence-corrected chi connectivity index (χ3v) is 3.97. The number of benzene rings is 1. The Hall–Kier alpha value is -1.02. The van der Waals surface area contributed by atoms with Crippen LogP contribution in [0, 0.1) is 0 Å². The maximum Gasteiger partial charge on any atom is 0.119 e. The average Bonchev–Trinajstić information content (AvgIpc) is 2.93. The molecule has 0 saturated heterocycles. The maximum absolute atomic E-state index is 5.99. The molecular formula is C17H27NO. The van der Waals surface area contributed by atoms with Crippen molar-refractivity contribution in [3.63, 3.8) is 0 Å². The van der Waals surface area contributed by atoms with Gasteiger partial charge in [0.15, 0.2) is 0 Å². The van der Waals surface area contributed by atoms with Gasteiger partial charge in [0.25, 0.3) is 0 Å². The van der Waals surface area contributed by atoms with Crippen molar-refractivity contribution in [3.8, 4) is 5.75 Å². The van der Waals surface area contributed by atoms with Gasteiger partial charge in [-0.3, -0.25) is 0 Å². The van der Waals surface area contributed by atoms with E-state index in [1.165, 1.54) is 44.1 Å². The van der Waals surface area contributed by atoms with E-state index in [4.69, 9.17) is 4.74 Å². The lowest BCUT2D eigenvalue weighted by molar-refractivity contribution is 0.210. The molecule has 0 amide bonds.